The van der Waals surface area contributed by atoms with E-state index in [1.54, 1.807) is 29.1 Å². The molecule has 168 valence electrons. The van der Waals surface area contributed by atoms with Crippen LogP contribution in [0.3, 0.4) is 0 Å². The molecular weight excluding hydrogens is 409 g/mol. The van der Waals surface area contributed by atoms with Gasteiger partial charge in [0.15, 0.2) is 0 Å². The molecule has 0 aliphatic carbocycles. The van der Waals surface area contributed by atoms with Crippen LogP contribution in [0, 0.1) is 5.82 Å². The minimum atomic E-state index is -0.523. The number of rotatable bonds is 7. The van der Waals surface area contributed by atoms with Crippen molar-refractivity contribution in [2.75, 3.05) is 36.9 Å². The first-order valence-corrected chi connectivity index (χ1v) is 10.9. The van der Waals surface area contributed by atoms with Crippen LogP contribution in [0.1, 0.15) is 19.3 Å². The first-order chi connectivity index (χ1) is 15.6. The Morgan fingerprint density at radius 2 is 1.91 bits per heavy atom. The van der Waals surface area contributed by atoms with Crippen LogP contribution in [0.15, 0.2) is 54.7 Å². The second-order valence-corrected chi connectivity index (χ2v) is 7.86. The summed E-state index contributed by atoms with van der Waals surface area (Å²) in [5, 5.41) is 9.55. The molecule has 1 saturated heterocycles. The number of piperidine rings is 1. The van der Waals surface area contributed by atoms with Crippen molar-refractivity contribution in [1.29, 1.82) is 0 Å². The highest BCUT2D eigenvalue weighted by Crippen LogP contribution is 2.32. The number of anilines is 2. The fraction of sp³-hybridized carbons (Fsp3) is 0.333. The number of hydrogen-bond donors (Lipinski definition) is 2. The van der Waals surface area contributed by atoms with E-state index in [1.807, 2.05) is 25.2 Å². The molecule has 0 spiro atoms. The van der Waals surface area contributed by atoms with Gasteiger partial charge in [-0.05, 0) is 62.3 Å². The maximum atomic E-state index is 13.8. The highest BCUT2D eigenvalue weighted by molar-refractivity contribution is 6.00. The Morgan fingerprint density at radius 1 is 1.09 bits per heavy atom. The van der Waals surface area contributed by atoms with Gasteiger partial charge in [-0.2, -0.15) is 5.10 Å². The summed E-state index contributed by atoms with van der Waals surface area (Å²) in [6.07, 6.45) is 5.52. The maximum Gasteiger partial charge on any atom is 0.323 e. The largest absolute Gasteiger partial charge is 0.492 e. The van der Waals surface area contributed by atoms with Gasteiger partial charge in [0.2, 0.25) is 0 Å². The lowest BCUT2D eigenvalue weighted by molar-refractivity contribution is 0.183. The SMILES string of the molecule is Cn1nccc1-c1cc(NC(=O)Nc2ccccc2F)ccc1OCCN1CCCCC1. The molecule has 2 N–H and O–H groups in total. The number of aromatic nitrogens is 2. The van der Waals surface area contributed by atoms with Crippen molar-refractivity contribution in [2.24, 2.45) is 7.05 Å². The molecule has 0 unspecified atom stereocenters. The van der Waals surface area contributed by atoms with Crippen molar-refractivity contribution < 1.29 is 13.9 Å². The molecule has 2 heterocycles. The number of carbonyl (C=O) groups is 1. The van der Waals surface area contributed by atoms with Crippen molar-refractivity contribution in [1.82, 2.24) is 14.7 Å². The molecular formula is C24H28FN5O2. The van der Waals surface area contributed by atoms with E-state index in [4.69, 9.17) is 4.74 Å². The van der Waals surface area contributed by atoms with Crippen molar-refractivity contribution in [2.45, 2.75) is 19.3 Å². The Hall–Kier alpha value is -3.39. The number of para-hydroxylation sites is 1. The molecule has 0 saturated carbocycles. The minimum Gasteiger partial charge on any atom is -0.492 e. The van der Waals surface area contributed by atoms with E-state index >= 15 is 0 Å². The molecule has 2 amide bonds. The maximum absolute atomic E-state index is 13.8. The number of halogens is 1. The van der Waals surface area contributed by atoms with E-state index in [0.717, 1.165) is 36.6 Å². The van der Waals surface area contributed by atoms with Gasteiger partial charge in [0.05, 0.1) is 11.4 Å². The zero-order valence-electron chi connectivity index (χ0n) is 18.2. The minimum absolute atomic E-state index is 0.120. The smallest absolute Gasteiger partial charge is 0.323 e. The number of nitrogens with one attached hydrogen (secondary N) is 2. The molecule has 0 bridgehead atoms. The highest BCUT2D eigenvalue weighted by Gasteiger charge is 2.15. The lowest BCUT2D eigenvalue weighted by atomic mass is 10.1. The predicted octanol–water partition coefficient (Wildman–Crippen LogP) is 4.73. The van der Waals surface area contributed by atoms with Gasteiger partial charge >= 0.3 is 6.03 Å². The summed E-state index contributed by atoms with van der Waals surface area (Å²) < 4.78 is 21.7. The van der Waals surface area contributed by atoms with Crippen molar-refractivity contribution in [3.63, 3.8) is 0 Å². The standard InChI is InChI=1S/C24H28FN5O2/c1-29-22(11-12-26-29)19-17-18(27-24(31)28-21-8-4-3-7-20(21)25)9-10-23(19)32-16-15-30-13-5-2-6-14-30/h3-4,7-12,17H,2,5-6,13-16H2,1H3,(H2,27,28,31). The second kappa shape index (κ2) is 10.3. The fourth-order valence-electron chi connectivity index (χ4n) is 3.89. The summed E-state index contributed by atoms with van der Waals surface area (Å²) in [4.78, 5) is 14.8. The van der Waals surface area contributed by atoms with Crippen LogP contribution in [0.25, 0.3) is 11.3 Å². The molecule has 3 aromatic rings. The number of nitrogens with zero attached hydrogens (tertiary/aromatic N) is 3. The second-order valence-electron chi connectivity index (χ2n) is 7.86. The van der Waals surface area contributed by atoms with E-state index in [-0.39, 0.29) is 5.69 Å². The zero-order chi connectivity index (χ0) is 22.3. The monoisotopic (exact) mass is 437 g/mol. The van der Waals surface area contributed by atoms with Gasteiger partial charge in [0.25, 0.3) is 0 Å². The molecule has 1 aliphatic rings. The lowest BCUT2D eigenvalue weighted by Gasteiger charge is -2.26. The van der Waals surface area contributed by atoms with Gasteiger partial charge in [-0.1, -0.05) is 18.6 Å². The molecule has 32 heavy (non-hydrogen) atoms. The Balaban J connectivity index is 1.47. The van der Waals surface area contributed by atoms with Crippen LogP contribution in [0.2, 0.25) is 0 Å². The predicted molar refractivity (Wildman–Crippen MR) is 123 cm³/mol. The lowest BCUT2D eigenvalue weighted by Crippen LogP contribution is -2.33. The van der Waals surface area contributed by atoms with Crippen molar-refractivity contribution in [3.8, 4) is 17.0 Å². The van der Waals surface area contributed by atoms with Crippen LogP contribution >= 0.6 is 0 Å². The summed E-state index contributed by atoms with van der Waals surface area (Å²) in [6, 6.07) is 12.9. The van der Waals surface area contributed by atoms with Crippen LogP contribution in [-0.4, -0.2) is 47.0 Å². The van der Waals surface area contributed by atoms with E-state index in [0.29, 0.717) is 12.3 Å². The fourth-order valence-corrected chi connectivity index (χ4v) is 3.89. The van der Waals surface area contributed by atoms with Crippen LogP contribution in [0.5, 0.6) is 5.75 Å². The molecule has 0 atom stereocenters. The van der Waals surface area contributed by atoms with Gasteiger partial charge in [0, 0.05) is 31.0 Å². The Bertz CT molecular complexity index is 1060. The number of amides is 2. The van der Waals surface area contributed by atoms with Gasteiger partial charge in [-0.25, -0.2) is 9.18 Å². The first kappa shape index (κ1) is 21.8. The molecule has 7 nitrogen and oxygen atoms in total. The summed E-state index contributed by atoms with van der Waals surface area (Å²) in [6.45, 7) is 3.72. The third-order valence-electron chi connectivity index (χ3n) is 5.57. The normalized spacial score (nSPS) is 14.2. The summed E-state index contributed by atoms with van der Waals surface area (Å²) in [7, 11) is 1.86. The molecule has 0 radical (unpaired) electrons. The van der Waals surface area contributed by atoms with Gasteiger partial charge in [-0.15, -0.1) is 0 Å². The number of urea groups is 1. The Kier molecular flexibility index (Phi) is 7.01. The third kappa shape index (κ3) is 5.45. The van der Waals surface area contributed by atoms with E-state index in [1.165, 1.54) is 31.4 Å². The number of ether oxygens (including phenoxy) is 1. The topological polar surface area (TPSA) is 71.4 Å². The summed E-state index contributed by atoms with van der Waals surface area (Å²) >= 11 is 0. The third-order valence-corrected chi connectivity index (χ3v) is 5.57. The average Bonchev–Trinajstić information content (AvgIpc) is 3.22. The highest BCUT2D eigenvalue weighted by atomic mass is 19.1. The van der Waals surface area contributed by atoms with Gasteiger partial charge in [-0.3, -0.25) is 9.58 Å². The molecule has 1 aliphatic heterocycles. The number of carbonyl (C=O) groups excluding carboxylic acids is 1. The number of hydrogen-bond acceptors (Lipinski definition) is 4. The zero-order valence-corrected chi connectivity index (χ0v) is 18.2. The number of benzene rings is 2. The summed E-state index contributed by atoms with van der Waals surface area (Å²) in [5.74, 6) is 0.237. The van der Waals surface area contributed by atoms with Gasteiger partial charge < -0.3 is 15.4 Å². The molecule has 8 heteroatoms. The van der Waals surface area contributed by atoms with E-state index in [9.17, 15) is 9.18 Å². The van der Waals surface area contributed by atoms with E-state index in [2.05, 4.69) is 20.6 Å². The molecule has 1 fully saturated rings. The average molecular weight is 438 g/mol. The van der Waals surface area contributed by atoms with Crippen LogP contribution < -0.4 is 15.4 Å². The van der Waals surface area contributed by atoms with E-state index < -0.39 is 11.8 Å². The molecule has 2 aromatic carbocycles. The van der Waals surface area contributed by atoms with Crippen molar-refractivity contribution >= 4 is 17.4 Å². The van der Waals surface area contributed by atoms with Crippen molar-refractivity contribution in [3.05, 3.63) is 60.5 Å². The summed E-state index contributed by atoms with van der Waals surface area (Å²) in [5.41, 5.74) is 2.39. The quantitative estimate of drug-likeness (QED) is 0.560. The van der Waals surface area contributed by atoms with Crippen LogP contribution in [-0.2, 0) is 7.05 Å². The van der Waals surface area contributed by atoms with Gasteiger partial charge in [0.1, 0.15) is 18.2 Å². The molecule has 1 aromatic heterocycles. The number of aryl methyl sites for hydroxylation is 1. The molecule has 4 rings (SSSR count). The Labute approximate surface area is 187 Å². The first-order valence-electron chi connectivity index (χ1n) is 10.9. The number of likely N-dealkylation sites (tertiary alicyclic amines) is 1. The van der Waals surface area contributed by atoms with Crippen LogP contribution in [0.4, 0.5) is 20.6 Å². The Morgan fingerprint density at radius 3 is 2.66 bits per heavy atom.